The molecule has 0 amide bonds. The molecule has 0 aliphatic heterocycles. The van der Waals surface area contributed by atoms with Crippen LogP contribution >= 0.6 is 0 Å². The largest absolute Gasteiger partial charge is 0.304 e. The van der Waals surface area contributed by atoms with Crippen molar-refractivity contribution in [3.63, 3.8) is 0 Å². The van der Waals surface area contributed by atoms with Crippen molar-refractivity contribution in [1.82, 2.24) is 15.5 Å². The third kappa shape index (κ3) is 3.64. The second-order valence-electron chi connectivity index (χ2n) is 4.35. The van der Waals surface area contributed by atoms with E-state index in [0.29, 0.717) is 6.04 Å². The van der Waals surface area contributed by atoms with Crippen molar-refractivity contribution in [2.75, 3.05) is 0 Å². The number of hydrogen-bond donors (Lipinski definition) is 1. The van der Waals surface area contributed by atoms with Crippen molar-refractivity contribution >= 4 is 0 Å². The van der Waals surface area contributed by atoms with E-state index in [2.05, 4.69) is 52.8 Å². The molecule has 0 saturated carbocycles. The van der Waals surface area contributed by atoms with E-state index in [4.69, 9.17) is 0 Å². The van der Waals surface area contributed by atoms with Crippen LogP contribution in [0.4, 0.5) is 0 Å². The van der Waals surface area contributed by atoms with Crippen LogP contribution in [0.2, 0.25) is 0 Å². The molecule has 1 N–H and O–H groups in total. The highest BCUT2D eigenvalue weighted by molar-refractivity contribution is 5.19. The predicted octanol–water partition coefficient (Wildman–Crippen LogP) is 3.11. The van der Waals surface area contributed by atoms with Gasteiger partial charge in [0.25, 0.3) is 0 Å². The first-order valence-corrected chi connectivity index (χ1v) is 6.45. The van der Waals surface area contributed by atoms with E-state index >= 15 is 0 Å². The molecular weight excluding hydrogens is 222 g/mol. The Kier molecular flexibility index (Phi) is 4.85. The number of hydrogen-bond acceptors (Lipinski definition) is 3. The monoisotopic (exact) mass is 241 g/mol. The molecule has 1 aromatic heterocycles. The Bertz CT molecular complexity index is 442. The molecule has 3 nitrogen and oxygen atoms in total. The van der Waals surface area contributed by atoms with Gasteiger partial charge in [-0.25, -0.2) is 0 Å². The lowest BCUT2D eigenvalue weighted by molar-refractivity contribution is 0.488. The first-order valence-electron chi connectivity index (χ1n) is 6.45. The maximum atomic E-state index is 4.09. The molecule has 1 unspecified atom stereocenters. The summed E-state index contributed by atoms with van der Waals surface area (Å²) < 4.78 is 0. The fourth-order valence-electron chi connectivity index (χ4n) is 2.02. The number of aromatic nitrogens is 2. The first kappa shape index (κ1) is 12.7. The fraction of sp³-hybridized carbons (Fsp3) is 0.333. The van der Waals surface area contributed by atoms with Crippen LogP contribution < -0.4 is 5.32 Å². The topological polar surface area (TPSA) is 37.8 Å². The number of nitrogens with zero attached hydrogens (tertiary/aromatic N) is 2. The SMILES string of the molecule is CCCC(NCc1cccnn1)c1ccccc1. The molecule has 2 rings (SSSR count). The van der Waals surface area contributed by atoms with Crippen LogP contribution in [0.1, 0.15) is 37.1 Å². The second kappa shape index (κ2) is 6.87. The Morgan fingerprint density at radius 2 is 1.94 bits per heavy atom. The fourth-order valence-corrected chi connectivity index (χ4v) is 2.02. The molecule has 0 bridgehead atoms. The minimum Gasteiger partial charge on any atom is -0.304 e. The average Bonchev–Trinajstić information content (AvgIpc) is 2.45. The van der Waals surface area contributed by atoms with Crippen LogP contribution in [0.15, 0.2) is 48.7 Å². The summed E-state index contributed by atoms with van der Waals surface area (Å²) in [5.74, 6) is 0. The maximum Gasteiger partial charge on any atom is 0.0769 e. The summed E-state index contributed by atoms with van der Waals surface area (Å²) >= 11 is 0. The molecule has 94 valence electrons. The van der Waals surface area contributed by atoms with Crippen LogP contribution in [0.5, 0.6) is 0 Å². The summed E-state index contributed by atoms with van der Waals surface area (Å²) in [6.07, 6.45) is 3.99. The quantitative estimate of drug-likeness (QED) is 0.844. The molecule has 0 spiro atoms. The Balaban J connectivity index is 1.99. The number of rotatable bonds is 6. The summed E-state index contributed by atoms with van der Waals surface area (Å²) in [6.45, 7) is 2.97. The lowest BCUT2D eigenvalue weighted by Gasteiger charge is -2.18. The zero-order valence-corrected chi connectivity index (χ0v) is 10.7. The van der Waals surface area contributed by atoms with Crippen molar-refractivity contribution in [2.24, 2.45) is 0 Å². The van der Waals surface area contributed by atoms with E-state index in [1.807, 2.05) is 12.1 Å². The highest BCUT2D eigenvalue weighted by Gasteiger charge is 2.09. The van der Waals surface area contributed by atoms with Crippen molar-refractivity contribution in [3.8, 4) is 0 Å². The summed E-state index contributed by atoms with van der Waals surface area (Å²) in [5.41, 5.74) is 2.32. The number of benzene rings is 1. The van der Waals surface area contributed by atoms with E-state index in [9.17, 15) is 0 Å². The Labute approximate surface area is 108 Å². The Morgan fingerprint density at radius 1 is 1.11 bits per heavy atom. The minimum absolute atomic E-state index is 0.387. The third-order valence-corrected chi connectivity index (χ3v) is 2.94. The summed E-state index contributed by atoms with van der Waals surface area (Å²) in [5, 5.41) is 11.5. The van der Waals surface area contributed by atoms with Crippen molar-refractivity contribution in [1.29, 1.82) is 0 Å². The highest BCUT2D eigenvalue weighted by Crippen LogP contribution is 2.18. The van der Waals surface area contributed by atoms with Gasteiger partial charge in [0.1, 0.15) is 0 Å². The van der Waals surface area contributed by atoms with Gasteiger partial charge >= 0.3 is 0 Å². The van der Waals surface area contributed by atoms with Gasteiger partial charge in [-0.1, -0.05) is 43.7 Å². The molecule has 0 aliphatic carbocycles. The minimum atomic E-state index is 0.387. The van der Waals surface area contributed by atoms with Crippen molar-refractivity contribution in [3.05, 3.63) is 59.9 Å². The summed E-state index contributed by atoms with van der Waals surface area (Å²) in [6, 6.07) is 14.9. The van der Waals surface area contributed by atoms with E-state index in [0.717, 1.165) is 25.1 Å². The van der Waals surface area contributed by atoms with Gasteiger partial charge in [-0.2, -0.15) is 10.2 Å². The van der Waals surface area contributed by atoms with Gasteiger partial charge in [0.2, 0.25) is 0 Å². The van der Waals surface area contributed by atoms with Crippen molar-refractivity contribution < 1.29 is 0 Å². The molecule has 0 saturated heterocycles. The van der Waals surface area contributed by atoms with Gasteiger partial charge in [0.05, 0.1) is 5.69 Å². The Hall–Kier alpha value is -1.74. The van der Waals surface area contributed by atoms with E-state index < -0.39 is 0 Å². The molecule has 2 aromatic rings. The maximum absolute atomic E-state index is 4.09. The van der Waals surface area contributed by atoms with Gasteiger partial charge in [-0.05, 0) is 24.1 Å². The third-order valence-electron chi connectivity index (χ3n) is 2.94. The standard InChI is InChI=1S/C15H19N3/c1-2-7-15(13-8-4-3-5-9-13)16-12-14-10-6-11-17-18-14/h3-6,8-11,15-16H,2,7,12H2,1H3. The zero-order chi connectivity index (χ0) is 12.6. The molecular formula is C15H19N3. The van der Waals surface area contributed by atoms with E-state index in [1.165, 1.54) is 5.56 Å². The van der Waals surface area contributed by atoms with Gasteiger partial charge < -0.3 is 5.32 Å². The lowest BCUT2D eigenvalue weighted by Crippen LogP contribution is -2.21. The molecule has 1 atom stereocenters. The molecule has 1 heterocycles. The van der Waals surface area contributed by atoms with Crippen molar-refractivity contribution in [2.45, 2.75) is 32.4 Å². The smallest absolute Gasteiger partial charge is 0.0769 e. The normalized spacial score (nSPS) is 12.3. The molecule has 18 heavy (non-hydrogen) atoms. The van der Waals surface area contributed by atoms with Gasteiger partial charge in [-0.3, -0.25) is 0 Å². The molecule has 0 radical (unpaired) electrons. The molecule has 0 aliphatic rings. The lowest BCUT2D eigenvalue weighted by atomic mass is 10.0. The highest BCUT2D eigenvalue weighted by atomic mass is 15.1. The first-order chi connectivity index (χ1) is 8.90. The van der Waals surface area contributed by atoms with Crippen LogP contribution in [0.3, 0.4) is 0 Å². The Morgan fingerprint density at radius 3 is 2.61 bits per heavy atom. The van der Waals surface area contributed by atoms with Crippen LogP contribution in [-0.4, -0.2) is 10.2 Å². The average molecular weight is 241 g/mol. The van der Waals surface area contributed by atoms with E-state index in [-0.39, 0.29) is 0 Å². The number of nitrogens with one attached hydrogen (secondary N) is 1. The van der Waals surface area contributed by atoms with Crippen LogP contribution in [-0.2, 0) is 6.54 Å². The van der Waals surface area contributed by atoms with Gasteiger partial charge in [0, 0.05) is 18.8 Å². The van der Waals surface area contributed by atoms with Crippen LogP contribution in [0, 0.1) is 0 Å². The van der Waals surface area contributed by atoms with Gasteiger partial charge in [0.15, 0.2) is 0 Å². The van der Waals surface area contributed by atoms with E-state index in [1.54, 1.807) is 6.20 Å². The molecule has 0 fully saturated rings. The zero-order valence-electron chi connectivity index (χ0n) is 10.7. The molecule has 1 aromatic carbocycles. The summed E-state index contributed by atoms with van der Waals surface area (Å²) in [7, 11) is 0. The predicted molar refractivity (Wildman–Crippen MR) is 73.0 cm³/mol. The summed E-state index contributed by atoms with van der Waals surface area (Å²) in [4.78, 5) is 0. The molecule has 3 heteroatoms. The van der Waals surface area contributed by atoms with Crippen LogP contribution in [0.25, 0.3) is 0 Å². The second-order valence-corrected chi connectivity index (χ2v) is 4.35. The van der Waals surface area contributed by atoms with Gasteiger partial charge in [-0.15, -0.1) is 0 Å².